The number of hydrogen-bond acceptors (Lipinski definition) is 7. The summed E-state index contributed by atoms with van der Waals surface area (Å²) in [5, 5.41) is 48.1. The third-order valence-corrected chi connectivity index (χ3v) is 3.74. The lowest BCUT2D eigenvalue weighted by Gasteiger charge is -2.39. The first-order chi connectivity index (χ1) is 10.7. The molecule has 0 aliphatic heterocycles. The van der Waals surface area contributed by atoms with Crippen LogP contribution in [-0.2, 0) is 9.53 Å². The first kappa shape index (κ1) is 17.3. The van der Waals surface area contributed by atoms with Crippen molar-refractivity contribution in [3.05, 3.63) is 29.8 Å². The number of carbonyl (C=O) groups excluding carboxylic acids is 1. The number of carbonyl (C=O) groups is 1. The monoisotopic (exact) mass is 324 g/mol. The van der Waals surface area contributed by atoms with Gasteiger partial charge in [0.1, 0.15) is 12.2 Å². The summed E-state index contributed by atoms with van der Waals surface area (Å²) in [7, 11) is 0. The van der Waals surface area contributed by atoms with Crippen LogP contribution in [0.15, 0.2) is 24.3 Å². The van der Waals surface area contributed by atoms with Crippen LogP contribution in [0.1, 0.15) is 25.3 Å². The molecule has 0 bridgehead atoms. The van der Waals surface area contributed by atoms with Crippen molar-refractivity contribution in [2.24, 2.45) is 0 Å². The number of benzene rings is 1. The zero-order chi connectivity index (χ0) is 17.2. The second-order valence-corrected chi connectivity index (χ2v) is 6.02. The van der Waals surface area contributed by atoms with Crippen LogP contribution in [0, 0.1) is 0 Å². The van der Waals surface area contributed by atoms with Crippen LogP contribution in [0.4, 0.5) is 0 Å². The summed E-state index contributed by atoms with van der Waals surface area (Å²) < 4.78 is 5.08. The molecular weight excluding hydrogens is 304 g/mol. The standard InChI is InChI=1S/C16H20O7/c1-16(22)7-12(19)15(21)13(8-16)23-14(20)5-3-9-2-4-10(17)11(18)6-9/h2-6,12-13,15,17-19,21-22H,7-8H2,1H3/b5-3+. The van der Waals surface area contributed by atoms with Crippen LogP contribution in [-0.4, -0.2) is 55.4 Å². The topological polar surface area (TPSA) is 127 Å². The molecule has 0 heterocycles. The number of hydrogen-bond donors (Lipinski definition) is 5. The highest BCUT2D eigenvalue weighted by Crippen LogP contribution is 2.30. The lowest BCUT2D eigenvalue weighted by molar-refractivity contribution is -0.178. The highest BCUT2D eigenvalue weighted by Gasteiger charge is 2.43. The van der Waals surface area contributed by atoms with Gasteiger partial charge < -0.3 is 30.3 Å². The van der Waals surface area contributed by atoms with Crippen LogP contribution in [0.3, 0.4) is 0 Å². The van der Waals surface area contributed by atoms with Gasteiger partial charge in [0.05, 0.1) is 11.7 Å². The van der Waals surface area contributed by atoms with Crippen molar-refractivity contribution in [2.45, 2.75) is 43.7 Å². The summed E-state index contributed by atoms with van der Waals surface area (Å²) in [5.41, 5.74) is -0.760. The Hall–Kier alpha value is -2.09. The van der Waals surface area contributed by atoms with Gasteiger partial charge in [-0.2, -0.15) is 0 Å². The average Bonchev–Trinajstić information content (AvgIpc) is 2.45. The zero-order valence-electron chi connectivity index (χ0n) is 12.6. The van der Waals surface area contributed by atoms with Crippen molar-refractivity contribution in [3.63, 3.8) is 0 Å². The Kier molecular flexibility index (Phi) is 4.93. The van der Waals surface area contributed by atoms with Gasteiger partial charge in [0.25, 0.3) is 0 Å². The van der Waals surface area contributed by atoms with Gasteiger partial charge in [-0.05, 0) is 30.7 Å². The molecule has 1 aliphatic rings. The minimum atomic E-state index is -1.26. The van der Waals surface area contributed by atoms with Gasteiger partial charge >= 0.3 is 5.97 Å². The molecule has 1 fully saturated rings. The van der Waals surface area contributed by atoms with Gasteiger partial charge in [-0.3, -0.25) is 0 Å². The van der Waals surface area contributed by atoms with Gasteiger partial charge in [0, 0.05) is 18.9 Å². The molecule has 0 aromatic heterocycles. The second-order valence-electron chi connectivity index (χ2n) is 6.02. The number of aliphatic hydroxyl groups is 3. The summed E-state index contributed by atoms with van der Waals surface area (Å²) in [6.45, 7) is 1.50. The molecule has 1 aromatic carbocycles. The van der Waals surface area contributed by atoms with E-state index in [0.29, 0.717) is 5.56 Å². The van der Waals surface area contributed by atoms with E-state index < -0.39 is 29.9 Å². The Bertz CT molecular complexity index is 608. The Balaban J connectivity index is 2.00. The zero-order valence-corrected chi connectivity index (χ0v) is 12.6. The lowest BCUT2D eigenvalue weighted by atomic mass is 9.81. The molecule has 23 heavy (non-hydrogen) atoms. The fourth-order valence-electron chi connectivity index (χ4n) is 2.56. The number of aliphatic hydroxyl groups excluding tert-OH is 2. The minimum absolute atomic E-state index is 0.00480. The predicted octanol–water partition coefficient (Wildman–Crippen LogP) is 0.289. The molecule has 0 saturated heterocycles. The van der Waals surface area contributed by atoms with Crippen molar-refractivity contribution in [1.82, 2.24) is 0 Å². The summed E-state index contributed by atoms with van der Waals surface area (Å²) in [6.07, 6.45) is -0.964. The molecule has 0 radical (unpaired) electrons. The Morgan fingerprint density at radius 3 is 2.61 bits per heavy atom. The SMILES string of the molecule is CC1(O)CC(O)C(O)C(OC(=O)/C=C/c2ccc(O)c(O)c2)C1. The molecule has 1 aromatic rings. The van der Waals surface area contributed by atoms with Crippen molar-refractivity contribution in [2.75, 3.05) is 0 Å². The maximum Gasteiger partial charge on any atom is 0.331 e. The summed E-state index contributed by atoms with van der Waals surface area (Å²) in [4.78, 5) is 11.8. The van der Waals surface area contributed by atoms with Gasteiger partial charge in [0.15, 0.2) is 11.5 Å². The van der Waals surface area contributed by atoms with E-state index in [1.54, 1.807) is 0 Å². The first-order valence-electron chi connectivity index (χ1n) is 7.17. The Morgan fingerprint density at radius 1 is 1.26 bits per heavy atom. The predicted molar refractivity (Wildman–Crippen MR) is 80.6 cm³/mol. The number of ether oxygens (including phenoxy) is 1. The normalized spacial score (nSPS) is 31.2. The number of aromatic hydroxyl groups is 2. The molecule has 126 valence electrons. The van der Waals surface area contributed by atoms with Crippen molar-refractivity contribution >= 4 is 12.0 Å². The quantitative estimate of drug-likeness (QED) is 0.307. The number of phenols is 2. The summed E-state index contributed by atoms with van der Waals surface area (Å²) >= 11 is 0. The molecule has 4 unspecified atom stereocenters. The average molecular weight is 324 g/mol. The second kappa shape index (κ2) is 6.57. The number of phenolic OH excluding ortho intramolecular Hbond substituents is 2. The van der Waals surface area contributed by atoms with E-state index in [1.807, 2.05) is 0 Å². The molecule has 7 heteroatoms. The van der Waals surface area contributed by atoms with Crippen LogP contribution in [0.25, 0.3) is 6.08 Å². The molecule has 0 amide bonds. The van der Waals surface area contributed by atoms with E-state index in [0.717, 1.165) is 6.08 Å². The molecule has 1 aliphatic carbocycles. The third-order valence-electron chi connectivity index (χ3n) is 3.74. The fraction of sp³-hybridized carbons (Fsp3) is 0.438. The molecule has 4 atom stereocenters. The maximum atomic E-state index is 11.8. The van der Waals surface area contributed by atoms with Crippen LogP contribution in [0.2, 0.25) is 0 Å². The maximum absolute atomic E-state index is 11.8. The van der Waals surface area contributed by atoms with E-state index in [1.165, 1.54) is 31.2 Å². The van der Waals surface area contributed by atoms with E-state index in [2.05, 4.69) is 0 Å². The van der Waals surface area contributed by atoms with Crippen LogP contribution < -0.4 is 0 Å². The summed E-state index contributed by atoms with van der Waals surface area (Å²) in [5.74, 6) is -1.35. The molecule has 5 N–H and O–H groups in total. The Labute approximate surface area is 133 Å². The van der Waals surface area contributed by atoms with E-state index in [-0.39, 0.29) is 24.3 Å². The summed E-state index contributed by atoms with van der Waals surface area (Å²) in [6, 6.07) is 4.03. The third kappa shape index (κ3) is 4.44. The minimum Gasteiger partial charge on any atom is -0.504 e. The van der Waals surface area contributed by atoms with Gasteiger partial charge in [-0.1, -0.05) is 6.07 Å². The van der Waals surface area contributed by atoms with Crippen molar-refractivity contribution in [3.8, 4) is 11.5 Å². The molecule has 2 rings (SSSR count). The first-order valence-corrected chi connectivity index (χ1v) is 7.17. The largest absolute Gasteiger partial charge is 0.504 e. The van der Waals surface area contributed by atoms with E-state index >= 15 is 0 Å². The van der Waals surface area contributed by atoms with Crippen LogP contribution >= 0.6 is 0 Å². The highest BCUT2D eigenvalue weighted by molar-refractivity contribution is 5.87. The van der Waals surface area contributed by atoms with E-state index in [4.69, 9.17) is 4.74 Å². The van der Waals surface area contributed by atoms with Gasteiger partial charge in [0.2, 0.25) is 0 Å². The molecule has 1 saturated carbocycles. The molecule has 0 spiro atoms. The van der Waals surface area contributed by atoms with Crippen molar-refractivity contribution in [1.29, 1.82) is 0 Å². The Morgan fingerprint density at radius 2 is 1.96 bits per heavy atom. The fourth-order valence-corrected chi connectivity index (χ4v) is 2.56. The number of esters is 1. The molecule has 7 nitrogen and oxygen atoms in total. The smallest absolute Gasteiger partial charge is 0.331 e. The van der Waals surface area contributed by atoms with Gasteiger partial charge in [-0.15, -0.1) is 0 Å². The highest BCUT2D eigenvalue weighted by atomic mass is 16.6. The number of rotatable bonds is 3. The molecular formula is C16H20O7. The van der Waals surface area contributed by atoms with E-state index in [9.17, 15) is 30.3 Å². The van der Waals surface area contributed by atoms with Gasteiger partial charge in [-0.25, -0.2) is 4.79 Å². The van der Waals surface area contributed by atoms with Crippen molar-refractivity contribution < 1.29 is 35.1 Å². The lowest BCUT2D eigenvalue weighted by Crippen LogP contribution is -2.52. The van der Waals surface area contributed by atoms with Crippen LogP contribution in [0.5, 0.6) is 11.5 Å².